The van der Waals surface area contributed by atoms with Crippen LogP contribution in [0.3, 0.4) is 0 Å². The summed E-state index contributed by atoms with van der Waals surface area (Å²) in [5.41, 5.74) is 7.40. The van der Waals surface area contributed by atoms with Crippen molar-refractivity contribution in [1.29, 1.82) is 0 Å². The van der Waals surface area contributed by atoms with Crippen LogP contribution in [0.5, 0.6) is 0 Å². The standard InChI is InChI=1S/C14H25N3O/c1-3-9-17-11-12(10-16-17)13(15)14(18-4-2)7-5-6-8-14/h10-11,13H,3-9,15H2,1-2H3. The first-order valence-electron chi connectivity index (χ1n) is 7.13. The van der Waals surface area contributed by atoms with E-state index in [1.165, 1.54) is 12.8 Å². The van der Waals surface area contributed by atoms with E-state index in [0.29, 0.717) is 0 Å². The number of aromatic nitrogens is 2. The maximum atomic E-state index is 6.45. The first kappa shape index (κ1) is 13.6. The molecule has 4 nitrogen and oxygen atoms in total. The lowest BCUT2D eigenvalue weighted by Crippen LogP contribution is -2.41. The van der Waals surface area contributed by atoms with E-state index in [1.807, 2.05) is 17.8 Å². The summed E-state index contributed by atoms with van der Waals surface area (Å²) in [6.45, 7) is 5.89. The highest BCUT2D eigenvalue weighted by Crippen LogP contribution is 2.41. The van der Waals surface area contributed by atoms with E-state index in [1.54, 1.807) is 0 Å². The van der Waals surface area contributed by atoms with Gasteiger partial charge in [0.1, 0.15) is 0 Å². The van der Waals surface area contributed by atoms with Crippen molar-refractivity contribution in [2.75, 3.05) is 6.61 Å². The van der Waals surface area contributed by atoms with Crippen LogP contribution in [-0.2, 0) is 11.3 Å². The minimum atomic E-state index is -0.158. The number of rotatable bonds is 6. The predicted molar refractivity (Wildman–Crippen MR) is 72.3 cm³/mol. The van der Waals surface area contributed by atoms with Gasteiger partial charge >= 0.3 is 0 Å². The van der Waals surface area contributed by atoms with Crippen molar-refractivity contribution in [3.8, 4) is 0 Å². The molecule has 18 heavy (non-hydrogen) atoms. The second-order valence-corrected chi connectivity index (χ2v) is 5.22. The Morgan fingerprint density at radius 1 is 1.44 bits per heavy atom. The Bertz CT molecular complexity index is 369. The van der Waals surface area contributed by atoms with E-state index in [2.05, 4.69) is 18.2 Å². The molecule has 2 rings (SSSR count). The van der Waals surface area contributed by atoms with Crippen LogP contribution in [0.15, 0.2) is 12.4 Å². The van der Waals surface area contributed by atoms with Crippen molar-refractivity contribution in [3.05, 3.63) is 18.0 Å². The monoisotopic (exact) mass is 251 g/mol. The molecule has 1 fully saturated rings. The molecule has 1 saturated carbocycles. The number of hydrogen-bond donors (Lipinski definition) is 1. The third-order valence-electron chi connectivity index (χ3n) is 3.91. The maximum absolute atomic E-state index is 6.45. The largest absolute Gasteiger partial charge is 0.373 e. The normalized spacial score (nSPS) is 20.2. The van der Waals surface area contributed by atoms with Gasteiger partial charge in [-0.15, -0.1) is 0 Å². The molecule has 0 amide bonds. The SMILES string of the molecule is CCCn1cc(C(N)C2(OCC)CCCC2)cn1. The average molecular weight is 251 g/mol. The molecule has 2 N–H and O–H groups in total. The van der Waals surface area contributed by atoms with Gasteiger partial charge in [0, 0.05) is 24.9 Å². The van der Waals surface area contributed by atoms with Crippen molar-refractivity contribution < 1.29 is 4.74 Å². The zero-order valence-electron chi connectivity index (χ0n) is 11.6. The molecular formula is C14H25N3O. The van der Waals surface area contributed by atoms with Crippen LogP contribution in [0.4, 0.5) is 0 Å². The fourth-order valence-electron chi connectivity index (χ4n) is 3.00. The minimum Gasteiger partial charge on any atom is -0.373 e. The zero-order chi connectivity index (χ0) is 13.0. The molecule has 1 heterocycles. The fourth-order valence-corrected chi connectivity index (χ4v) is 3.00. The Labute approximate surface area is 110 Å². The molecule has 0 saturated heterocycles. The summed E-state index contributed by atoms with van der Waals surface area (Å²) in [5.74, 6) is 0. The van der Waals surface area contributed by atoms with Gasteiger partial charge in [-0.1, -0.05) is 19.8 Å². The third kappa shape index (κ3) is 2.59. The Morgan fingerprint density at radius 2 is 2.17 bits per heavy atom. The Kier molecular flexibility index (Phi) is 4.40. The molecule has 102 valence electrons. The van der Waals surface area contributed by atoms with E-state index < -0.39 is 0 Å². The summed E-state index contributed by atoms with van der Waals surface area (Å²) < 4.78 is 7.99. The lowest BCUT2D eigenvalue weighted by Gasteiger charge is -2.34. The van der Waals surface area contributed by atoms with Gasteiger partial charge in [0.05, 0.1) is 17.8 Å². The maximum Gasteiger partial charge on any atom is 0.0875 e. The van der Waals surface area contributed by atoms with E-state index >= 15 is 0 Å². The molecule has 1 atom stereocenters. The number of nitrogens with two attached hydrogens (primary N) is 1. The lowest BCUT2D eigenvalue weighted by molar-refractivity contribution is -0.0536. The van der Waals surface area contributed by atoms with Gasteiger partial charge in [-0.05, 0) is 26.2 Å². The first-order valence-corrected chi connectivity index (χ1v) is 7.13. The Hall–Kier alpha value is -0.870. The molecule has 4 heteroatoms. The summed E-state index contributed by atoms with van der Waals surface area (Å²) >= 11 is 0. The van der Waals surface area contributed by atoms with Crippen molar-refractivity contribution in [3.63, 3.8) is 0 Å². The average Bonchev–Trinajstić information content (AvgIpc) is 2.99. The molecule has 1 aromatic heterocycles. The molecule has 0 radical (unpaired) electrons. The van der Waals surface area contributed by atoms with Crippen LogP contribution in [0.25, 0.3) is 0 Å². The zero-order valence-corrected chi connectivity index (χ0v) is 11.6. The first-order chi connectivity index (χ1) is 8.72. The van der Waals surface area contributed by atoms with Gasteiger partial charge < -0.3 is 10.5 Å². The van der Waals surface area contributed by atoms with Crippen molar-refractivity contribution >= 4 is 0 Å². The van der Waals surface area contributed by atoms with Crippen LogP contribution < -0.4 is 5.73 Å². The van der Waals surface area contributed by atoms with Gasteiger partial charge in [0.25, 0.3) is 0 Å². The van der Waals surface area contributed by atoms with Crippen LogP contribution >= 0.6 is 0 Å². The highest BCUT2D eigenvalue weighted by atomic mass is 16.5. The quantitative estimate of drug-likeness (QED) is 0.845. The number of hydrogen-bond acceptors (Lipinski definition) is 3. The van der Waals surface area contributed by atoms with Crippen LogP contribution in [-0.4, -0.2) is 22.0 Å². The summed E-state index contributed by atoms with van der Waals surface area (Å²) in [5, 5.41) is 4.37. The highest BCUT2D eigenvalue weighted by Gasteiger charge is 2.41. The second kappa shape index (κ2) is 5.85. The van der Waals surface area contributed by atoms with E-state index in [9.17, 15) is 0 Å². The molecule has 1 aliphatic rings. The topological polar surface area (TPSA) is 53.1 Å². The molecule has 0 spiro atoms. The van der Waals surface area contributed by atoms with Gasteiger partial charge in [-0.2, -0.15) is 5.10 Å². The Morgan fingerprint density at radius 3 is 2.78 bits per heavy atom. The fraction of sp³-hybridized carbons (Fsp3) is 0.786. The van der Waals surface area contributed by atoms with Crippen LogP contribution in [0, 0.1) is 0 Å². The molecule has 0 aliphatic heterocycles. The van der Waals surface area contributed by atoms with E-state index in [-0.39, 0.29) is 11.6 Å². The van der Waals surface area contributed by atoms with Crippen molar-refractivity contribution in [2.24, 2.45) is 5.73 Å². The molecule has 0 aromatic carbocycles. The van der Waals surface area contributed by atoms with Crippen LogP contribution in [0.2, 0.25) is 0 Å². The number of nitrogens with zero attached hydrogens (tertiary/aromatic N) is 2. The molecule has 1 aliphatic carbocycles. The summed E-state index contributed by atoms with van der Waals surface area (Å²) in [6.07, 6.45) is 9.65. The van der Waals surface area contributed by atoms with Gasteiger partial charge in [-0.3, -0.25) is 4.68 Å². The molecule has 0 bridgehead atoms. The minimum absolute atomic E-state index is 0.0504. The Balaban J connectivity index is 2.14. The van der Waals surface area contributed by atoms with Gasteiger partial charge in [0.15, 0.2) is 0 Å². The molecule has 1 unspecified atom stereocenters. The number of aryl methyl sites for hydroxylation is 1. The summed E-state index contributed by atoms with van der Waals surface area (Å²) in [4.78, 5) is 0. The van der Waals surface area contributed by atoms with Crippen molar-refractivity contribution in [2.45, 2.75) is 64.1 Å². The third-order valence-corrected chi connectivity index (χ3v) is 3.91. The number of ether oxygens (including phenoxy) is 1. The summed E-state index contributed by atoms with van der Waals surface area (Å²) in [6, 6.07) is -0.0504. The van der Waals surface area contributed by atoms with Gasteiger partial charge in [-0.25, -0.2) is 0 Å². The van der Waals surface area contributed by atoms with Crippen LogP contribution in [0.1, 0.15) is 57.6 Å². The highest BCUT2D eigenvalue weighted by molar-refractivity contribution is 5.16. The molecular weight excluding hydrogens is 226 g/mol. The molecule has 1 aromatic rings. The van der Waals surface area contributed by atoms with Gasteiger partial charge in [0.2, 0.25) is 0 Å². The van der Waals surface area contributed by atoms with E-state index in [0.717, 1.165) is 38.0 Å². The second-order valence-electron chi connectivity index (χ2n) is 5.22. The summed E-state index contributed by atoms with van der Waals surface area (Å²) in [7, 11) is 0. The smallest absolute Gasteiger partial charge is 0.0875 e. The van der Waals surface area contributed by atoms with Crippen molar-refractivity contribution in [1.82, 2.24) is 9.78 Å². The lowest BCUT2D eigenvalue weighted by atomic mass is 9.89. The van der Waals surface area contributed by atoms with E-state index in [4.69, 9.17) is 10.5 Å². The predicted octanol–water partition coefficient (Wildman–Crippen LogP) is 2.64.